The molecule has 0 spiro atoms. The number of anilines is 1. The number of imidazole rings is 1. The van der Waals surface area contributed by atoms with E-state index in [1.165, 1.54) is 15.9 Å². The van der Waals surface area contributed by atoms with Gasteiger partial charge in [-0.3, -0.25) is 14.2 Å². The van der Waals surface area contributed by atoms with Gasteiger partial charge in [0.05, 0.1) is 33.2 Å². The summed E-state index contributed by atoms with van der Waals surface area (Å²) < 4.78 is 9.14. The fourth-order valence-corrected chi connectivity index (χ4v) is 5.72. The summed E-state index contributed by atoms with van der Waals surface area (Å²) in [6.07, 6.45) is 6.80. The summed E-state index contributed by atoms with van der Waals surface area (Å²) in [7, 11) is 1.66. The fraction of sp³-hybridized carbons (Fsp3) is 0.308. The normalized spacial score (nSPS) is 15.8. The van der Waals surface area contributed by atoms with Crippen molar-refractivity contribution in [2.75, 3.05) is 18.5 Å². The van der Waals surface area contributed by atoms with Gasteiger partial charge in [0.1, 0.15) is 12.0 Å². The molecular weight excluding hydrogens is 506 g/mol. The van der Waals surface area contributed by atoms with Gasteiger partial charge >= 0.3 is 5.69 Å². The molecule has 0 radical (unpaired) electrons. The van der Waals surface area contributed by atoms with Gasteiger partial charge in [-0.15, -0.1) is 11.3 Å². The van der Waals surface area contributed by atoms with Crippen LogP contribution in [0.25, 0.3) is 32.4 Å². The van der Waals surface area contributed by atoms with Crippen LogP contribution in [0.5, 0.6) is 0 Å². The maximum Gasteiger partial charge on any atom is 0.326 e. The Bertz CT molecular complexity index is 1730. The predicted molar refractivity (Wildman–Crippen MR) is 146 cm³/mol. The highest BCUT2D eigenvalue weighted by Crippen LogP contribution is 2.33. The van der Waals surface area contributed by atoms with E-state index < -0.39 is 0 Å². The van der Waals surface area contributed by atoms with Gasteiger partial charge in [0.2, 0.25) is 0 Å². The lowest BCUT2D eigenvalue weighted by atomic mass is 10.1. The summed E-state index contributed by atoms with van der Waals surface area (Å²) in [5.74, 6) is -0.358. The van der Waals surface area contributed by atoms with Gasteiger partial charge in [-0.1, -0.05) is 0 Å². The Morgan fingerprint density at radius 2 is 2.05 bits per heavy atom. The van der Waals surface area contributed by atoms with Crippen molar-refractivity contribution in [3.05, 3.63) is 57.6 Å². The first-order valence-electron chi connectivity index (χ1n) is 12.5. The van der Waals surface area contributed by atoms with Crippen LogP contribution in [0.3, 0.4) is 0 Å². The fourth-order valence-electron chi connectivity index (χ4n) is 4.84. The molecule has 2 amide bonds. The number of rotatable bonds is 6. The smallest absolute Gasteiger partial charge is 0.326 e. The van der Waals surface area contributed by atoms with Crippen LogP contribution >= 0.6 is 11.3 Å². The first kappa shape index (κ1) is 24.2. The van der Waals surface area contributed by atoms with Crippen LogP contribution in [0, 0.1) is 0 Å². The molecule has 0 aliphatic carbocycles. The number of nitrogens with zero attached hydrogens (tertiary/aromatic N) is 3. The van der Waals surface area contributed by atoms with Crippen molar-refractivity contribution in [2.24, 2.45) is 7.05 Å². The van der Waals surface area contributed by atoms with E-state index in [-0.39, 0.29) is 23.7 Å². The molecule has 38 heavy (non-hydrogen) atoms. The molecule has 5 aromatic rings. The highest BCUT2D eigenvalue weighted by atomic mass is 32.1. The van der Waals surface area contributed by atoms with Gasteiger partial charge in [0, 0.05) is 42.2 Å². The van der Waals surface area contributed by atoms with Crippen LogP contribution in [0.4, 0.5) is 5.82 Å². The maximum absolute atomic E-state index is 13.3. The number of aromatic amines is 2. The first-order chi connectivity index (χ1) is 18.4. The third-order valence-electron chi connectivity index (χ3n) is 6.79. The third-order valence-corrected chi connectivity index (χ3v) is 7.92. The molecule has 1 aliphatic heterocycles. The summed E-state index contributed by atoms with van der Waals surface area (Å²) >= 11 is 1.35. The Morgan fingerprint density at radius 1 is 1.18 bits per heavy atom. The zero-order valence-corrected chi connectivity index (χ0v) is 21.8. The number of nitrogens with one attached hydrogen (secondary N) is 4. The molecule has 1 saturated heterocycles. The molecule has 6 rings (SSSR count). The van der Waals surface area contributed by atoms with Gasteiger partial charge in [-0.05, 0) is 50.5 Å². The van der Waals surface area contributed by atoms with Crippen molar-refractivity contribution >= 4 is 50.9 Å². The summed E-state index contributed by atoms with van der Waals surface area (Å²) in [5.41, 5.74) is 2.90. The largest absolute Gasteiger partial charge is 0.357 e. The van der Waals surface area contributed by atoms with Gasteiger partial charge in [0.15, 0.2) is 0 Å². The molecule has 196 valence electrons. The zero-order chi connectivity index (χ0) is 26.4. The van der Waals surface area contributed by atoms with Crippen LogP contribution in [-0.2, 0) is 11.8 Å². The summed E-state index contributed by atoms with van der Waals surface area (Å²) in [6.45, 7) is 3.00. The minimum atomic E-state index is -0.334. The SMILES string of the molecule is CCNC(=O)c1c(NC(=O)c2ccc(-c3cnn(C4CCCCO4)c3)s2)[nH]c2cc3[nH]c(=O)n(C)c3cc12. The molecule has 4 N–H and O–H groups in total. The van der Waals surface area contributed by atoms with Crippen LogP contribution in [0.15, 0.2) is 41.5 Å². The van der Waals surface area contributed by atoms with Crippen LogP contribution < -0.4 is 16.3 Å². The number of fused-ring (bicyclic) bond motifs is 2. The van der Waals surface area contributed by atoms with E-state index in [9.17, 15) is 14.4 Å². The Labute approximate surface area is 220 Å². The van der Waals surface area contributed by atoms with Crippen LogP contribution in [0.1, 0.15) is 52.4 Å². The average Bonchev–Trinajstić information content (AvgIpc) is 3.70. The lowest BCUT2D eigenvalue weighted by Crippen LogP contribution is -2.24. The van der Waals surface area contributed by atoms with Crippen LogP contribution in [0.2, 0.25) is 0 Å². The quantitative estimate of drug-likeness (QED) is 0.262. The van der Waals surface area contributed by atoms with E-state index in [0.29, 0.717) is 44.7 Å². The number of hydrogen-bond donors (Lipinski definition) is 4. The van der Waals surface area contributed by atoms with Gasteiger partial charge < -0.3 is 25.3 Å². The minimum absolute atomic E-state index is 0.0515. The van der Waals surface area contributed by atoms with E-state index in [2.05, 4.69) is 25.7 Å². The molecule has 4 aromatic heterocycles. The standard InChI is InChI=1S/C26H27N7O4S/c1-3-27-25(35)22-15-10-18-17(30-26(36)32(18)2)11-16(15)29-23(22)31-24(34)20-8-7-19(38-20)14-12-28-33(13-14)21-6-4-5-9-37-21/h7-8,10-13,21,29H,3-6,9H2,1-2H3,(H,27,35)(H,30,36)(H,31,34). The Kier molecular flexibility index (Phi) is 6.12. The van der Waals surface area contributed by atoms with Gasteiger partial charge in [0.25, 0.3) is 11.8 Å². The number of thiophene rings is 1. The highest BCUT2D eigenvalue weighted by molar-refractivity contribution is 7.17. The van der Waals surface area contributed by atoms with E-state index >= 15 is 0 Å². The van der Waals surface area contributed by atoms with Crippen molar-refractivity contribution in [1.82, 2.24) is 29.6 Å². The minimum Gasteiger partial charge on any atom is -0.357 e. The Morgan fingerprint density at radius 3 is 2.84 bits per heavy atom. The summed E-state index contributed by atoms with van der Waals surface area (Å²) in [6, 6.07) is 7.19. The predicted octanol–water partition coefficient (Wildman–Crippen LogP) is 3.97. The molecule has 0 bridgehead atoms. The molecule has 1 fully saturated rings. The van der Waals surface area contributed by atoms with Crippen molar-refractivity contribution in [3.63, 3.8) is 0 Å². The van der Waals surface area contributed by atoms with Gasteiger partial charge in [-0.25, -0.2) is 9.48 Å². The number of carbonyl (C=O) groups excluding carboxylic acids is 2. The molecule has 12 heteroatoms. The second kappa shape index (κ2) is 9.62. The molecule has 1 atom stereocenters. The first-order valence-corrected chi connectivity index (χ1v) is 13.3. The number of aryl methyl sites for hydroxylation is 1. The molecule has 0 saturated carbocycles. The number of ether oxygens (including phenoxy) is 1. The second-order valence-corrected chi connectivity index (χ2v) is 10.4. The van der Waals surface area contributed by atoms with Crippen molar-refractivity contribution < 1.29 is 14.3 Å². The molecule has 5 heterocycles. The highest BCUT2D eigenvalue weighted by Gasteiger charge is 2.23. The molecular formula is C26H27N7O4S. The van der Waals surface area contributed by atoms with Crippen molar-refractivity contribution in [3.8, 4) is 10.4 Å². The molecule has 1 aromatic carbocycles. The molecule has 1 unspecified atom stereocenters. The zero-order valence-electron chi connectivity index (χ0n) is 21.0. The second-order valence-electron chi connectivity index (χ2n) is 9.29. The van der Waals surface area contributed by atoms with E-state index in [0.717, 1.165) is 36.3 Å². The number of hydrogen-bond acceptors (Lipinski definition) is 6. The lowest BCUT2D eigenvalue weighted by Gasteiger charge is -2.22. The Balaban J connectivity index is 1.30. The van der Waals surface area contributed by atoms with E-state index in [1.54, 1.807) is 31.4 Å². The Hall–Kier alpha value is -4.16. The lowest BCUT2D eigenvalue weighted by molar-refractivity contribution is -0.0394. The average molecular weight is 534 g/mol. The van der Waals surface area contributed by atoms with Crippen molar-refractivity contribution in [2.45, 2.75) is 32.4 Å². The number of benzene rings is 1. The summed E-state index contributed by atoms with van der Waals surface area (Å²) in [5, 5.41) is 10.8. The topological polar surface area (TPSA) is 139 Å². The van der Waals surface area contributed by atoms with Crippen molar-refractivity contribution in [1.29, 1.82) is 0 Å². The number of amides is 2. The molecule has 11 nitrogen and oxygen atoms in total. The third kappa shape index (κ3) is 4.21. The number of H-pyrrole nitrogens is 2. The monoisotopic (exact) mass is 533 g/mol. The number of aromatic nitrogens is 5. The van der Waals surface area contributed by atoms with E-state index in [4.69, 9.17) is 4.74 Å². The van der Waals surface area contributed by atoms with E-state index in [1.807, 2.05) is 23.9 Å². The molecule has 1 aliphatic rings. The maximum atomic E-state index is 13.3. The number of carbonyl (C=O) groups is 2. The van der Waals surface area contributed by atoms with Crippen LogP contribution in [-0.4, -0.2) is 49.3 Å². The summed E-state index contributed by atoms with van der Waals surface area (Å²) in [4.78, 5) is 45.7. The van der Waals surface area contributed by atoms with Gasteiger partial charge in [-0.2, -0.15) is 5.10 Å².